The lowest BCUT2D eigenvalue weighted by atomic mass is 10.1. The van der Waals surface area contributed by atoms with Crippen LogP contribution in [0.25, 0.3) is 10.9 Å². The van der Waals surface area contributed by atoms with Crippen molar-refractivity contribution in [1.82, 2.24) is 9.72 Å². The van der Waals surface area contributed by atoms with Crippen LogP contribution < -0.4 is 5.32 Å². The van der Waals surface area contributed by atoms with E-state index in [0.717, 1.165) is 11.1 Å². The van der Waals surface area contributed by atoms with Crippen LogP contribution >= 0.6 is 0 Å². The Labute approximate surface area is 153 Å². The van der Waals surface area contributed by atoms with Gasteiger partial charge < -0.3 is 14.4 Å². The molecule has 1 N–H and O–H groups in total. The molecule has 2 heterocycles. The van der Waals surface area contributed by atoms with E-state index in [0.29, 0.717) is 11.9 Å². The quantitative estimate of drug-likeness (QED) is 0.434. The van der Waals surface area contributed by atoms with Gasteiger partial charge >= 0.3 is 0 Å². The molecule has 0 radical (unpaired) electrons. The zero-order valence-corrected chi connectivity index (χ0v) is 14.1. The van der Waals surface area contributed by atoms with Gasteiger partial charge in [0.15, 0.2) is 5.82 Å². The van der Waals surface area contributed by atoms with Gasteiger partial charge in [0, 0.05) is 29.7 Å². The molecule has 2 aromatic carbocycles. The zero-order valence-electron chi connectivity index (χ0n) is 14.1. The molecule has 7 heteroatoms. The third-order valence-electron chi connectivity index (χ3n) is 4.19. The zero-order chi connectivity index (χ0) is 18.8. The molecular formula is C20H14FN3O3. The number of carbonyl (C=O) groups is 2. The highest BCUT2D eigenvalue weighted by Crippen LogP contribution is 2.23. The second kappa shape index (κ2) is 6.87. The van der Waals surface area contributed by atoms with Crippen LogP contribution in [0.3, 0.4) is 0 Å². The van der Waals surface area contributed by atoms with Crippen LogP contribution in [-0.4, -0.2) is 21.4 Å². The van der Waals surface area contributed by atoms with Gasteiger partial charge in [-0.1, -0.05) is 35.5 Å². The van der Waals surface area contributed by atoms with Crippen LogP contribution in [0.15, 0.2) is 71.6 Å². The molecule has 6 nitrogen and oxygen atoms in total. The lowest BCUT2D eigenvalue weighted by Gasteiger charge is -2.05. The number of halogens is 1. The maximum absolute atomic E-state index is 13.1. The molecule has 134 valence electrons. The molecular weight excluding hydrogens is 349 g/mol. The number of ketones is 1. The summed E-state index contributed by atoms with van der Waals surface area (Å²) in [5.74, 6) is -1.61. The van der Waals surface area contributed by atoms with Crippen molar-refractivity contribution in [2.75, 3.05) is 5.32 Å². The highest BCUT2D eigenvalue weighted by molar-refractivity contribution is 6.48. The number of para-hydroxylation sites is 1. The van der Waals surface area contributed by atoms with Crippen molar-refractivity contribution in [2.24, 2.45) is 0 Å². The number of amides is 1. The number of anilines is 1. The van der Waals surface area contributed by atoms with Gasteiger partial charge in [0.25, 0.3) is 11.7 Å². The van der Waals surface area contributed by atoms with Crippen molar-refractivity contribution in [1.29, 1.82) is 0 Å². The van der Waals surface area contributed by atoms with E-state index in [4.69, 9.17) is 0 Å². The van der Waals surface area contributed by atoms with Crippen molar-refractivity contribution in [3.05, 3.63) is 84.0 Å². The van der Waals surface area contributed by atoms with Crippen molar-refractivity contribution in [2.45, 2.75) is 6.54 Å². The monoisotopic (exact) mass is 363 g/mol. The van der Waals surface area contributed by atoms with Gasteiger partial charge in [0.05, 0.1) is 5.56 Å². The molecule has 2 aromatic heterocycles. The van der Waals surface area contributed by atoms with Gasteiger partial charge in [-0.15, -0.1) is 0 Å². The molecule has 0 saturated heterocycles. The molecule has 4 rings (SSSR count). The van der Waals surface area contributed by atoms with Crippen LogP contribution in [0.5, 0.6) is 0 Å². The minimum atomic E-state index is -0.798. The minimum absolute atomic E-state index is 0.170. The second-order valence-electron chi connectivity index (χ2n) is 5.98. The van der Waals surface area contributed by atoms with E-state index in [1.165, 1.54) is 24.5 Å². The fraction of sp³-hybridized carbons (Fsp3) is 0.0500. The highest BCUT2D eigenvalue weighted by atomic mass is 19.1. The van der Waals surface area contributed by atoms with Gasteiger partial charge in [-0.3, -0.25) is 9.59 Å². The van der Waals surface area contributed by atoms with Crippen molar-refractivity contribution in [3.8, 4) is 0 Å². The second-order valence-corrected chi connectivity index (χ2v) is 5.98. The molecule has 0 atom stereocenters. The molecule has 0 saturated carbocycles. The Morgan fingerprint density at radius 2 is 1.85 bits per heavy atom. The van der Waals surface area contributed by atoms with Crippen LogP contribution in [-0.2, 0) is 11.3 Å². The molecule has 0 aliphatic rings. The predicted molar refractivity (Wildman–Crippen MR) is 96.9 cm³/mol. The number of hydrogen-bond acceptors (Lipinski definition) is 4. The molecule has 0 spiro atoms. The Hall–Kier alpha value is -3.74. The van der Waals surface area contributed by atoms with Crippen LogP contribution in [0.4, 0.5) is 10.2 Å². The Balaban J connectivity index is 1.67. The molecule has 0 aliphatic heterocycles. The van der Waals surface area contributed by atoms with Gasteiger partial charge in [-0.05, 0) is 23.8 Å². The smallest absolute Gasteiger partial charge is 0.298 e. The lowest BCUT2D eigenvalue weighted by Crippen LogP contribution is -2.22. The number of Topliss-reactive ketones (excluding diaryl/α,β-unsaturated/α-hetero) is 1. The van der Waals surface area contributed by atoms with Crippen LogP contribution in [0.1, 0.15) is 15.9 Å². The van der Waals surface area contributed by atoms with E-state index in [-0.39, 0.29) is 17.2 Å². The maximum Gasteiger partial charge on any atom is 0.298 e. The van der Waals surface area contributed by atoms with Crippen molar-refractivity contribution >= 4 is 28.4 Å². The summed E-state index contributed by atoms with van der Waals surface area (Å²) in [7, 11) is 0. The summed E-state index contributed by atoms with van der Waals surface area (Å²) in [6, 6.07) is 14.9. The summed E-state index contributed by atoms with van der Waals surface area (Å²) in [6.07, 6.45) is 2.94. The molecule has 0 fully saturated rings. The summed E-state index contributed by atoms with van der Waals surface area (Å²) >= 11 is 0. The van der Waals surface area contributed by atoms with E-state index in [1.54, 1.807) is 30.5 Å². The Morgan fingerprint density at radius 3 is 2.59 bits per heavy atom. The van der Waals surface area contributed by atoms with Gasteiger partial charge in [-0.2, -0.15) is 0 Å². The number of nitrogens with zero attached hydrogens (tertiary/aromatic N) is 2. The first-order chi connectivity index (χ1) is 13.1. The fourth-order valence-electron chi connectivity index (χ4n) is 2.92. The first kappa shape index (κ1) is 16.7. The molecule has 0 bridgehead atoms. The third kappa shape index (κ3) is 3.35. The summed E-state index contributed by atoms with van der Waals surface area (Å²) < 4.78 is 19.6. The average molecular weight is 363 g/mol. The summed E-state index contributed by atoms with van der Waals surface area (Å²) in [6.45, 7) is 0.443. The Kier molecular flexibility index (Phi) is 4.25. The van der Waals surface area contributed by atoms with Gasteiger partial charge in [0.1, 0.15) is 12.1 Å². The number of fused-ring (bicyclic) bond motifs is 1. The van der Waals surface area contributed by atoms with Crippen LogP contribution in [0, 0.1) is 5.82 Å². The topological polar surface area (TPSA) is 77.1 Å². The maximum atomic E-state index is 13.1. The first-order valence-corrected chi connectivity index (χ1v) is 8.20. The molecule has 1 amide bonds. The molecule has 27 heavy (non-hydrogen) atoms. The summed E-state index contributed by atoms with van der Waals surface area (Å²) in [5, 5.41) is 6.64. The summed E-state index contributed by atoms with van der Waals surface area (Å²) in [5.41, 5.74) is 1.97. The van der Waals surface area contributed by atoms with E-state index >= 15 is 0 Å². The van der Waals surface area contributed by atoms with Gasteiger partial charge in [0.2, 0.25) is 0 Å². The number of nitrogens with one attached hydrogen (secondary N) is 1. The number of carbonyl (C=O) groups excluding carboxylic acids is 2. The average Bonchev–Trinajstić information content (AvgIpc) is 3.31. The number of benzene rings is 2. The van der Waals surface area contributed by atoms with Crippen molar-refractivity contribution < 1.29 is 18.5 Å². The Bertz CT molecular complexity index is 1120. The normalized spacial score (nSPS) is 10.9. The van der Waals surface area contributed by atoms with Gasteiger partial charge in [-0.25, -0.2) is 4.39 Å². The highest BCUT2D eigenvalue weighted by Gasteiger charge is 2.22. The number of aromatic nitrogens is 2. The molecule has 0 aliphatic carbocycles. The SMILES string of the molecule is O=C(Nc1ccon1)C(=O)c1cn(Cc2ccc(F)cc2)c2ccccc12. The van der Waals surface area contributed by atoms with Crippen LogP contribution in [0.2, 0.25) is 0 Å². The lowest BCUT2D eigenvalue weighted by molar-refractivity contribution is -0.112. The summed E-state index contributed by atoms with van der Waals surface area (Å²) in [4.78, 5) is 24.9. The van der Waals surface area contributed by atoms with E-state index in [1.807, 2.05) is 16.7 Å². The minimum Gasteiger partial charge on any atom is -0.363 e. The van der Waals surface area contributed by atoms with E-state index in [9.17, 15) is 14.0 Å². The predicted octanol–water partition coefficient (Wildman–Crippen LogP) is 3.64. The number of hydrogen-bond donors (Lipinski definition) is 1. The van der Waals surface area contributed by atoms with E-state index < -0.39 is 11.7 Å². The Morgan fingerprint density at radius 1 is 1.07 bits per heavy atom. The first-order valence-electron chi connectivity index (χ1n) is 8.20. The fourth-order valence-corrected chi connectivity index (χ4v) is 2.92. The standard InChI is InChI=1S/C20H14FN3O3/c21-14-7-5-13(6-8-14)11-24-12-16(15-3-1-2-4-17(15)24)19(25)20(26)22-18-9-10-27-23-18/h1-10,12H,11H2,(H,22,23,26). The molecule has 0 unspecified atom stereocenters. The van der Waals surface area contributed by atoms with Crippen molar-refractivity contribution in [3.63, 3.8) is 0 Å². The largest absolute Gasteiger partial charge is 0.363 e. The third-order valence-corrected chi connectivity index (χ3v) is 4.19. The van der Waals surface area contributed by atoms with E-state index in [2.05, 4.69) is 15.0 Å². The number of rotatable bonds is 5. The molecule has 4 aromatic rings.